The van der Waals surface area contributed by atoms with Crippen LogP contribution in [0.3, 0.4) is 0 Å². The lowest BCUT2D eigenvalue weighted by molar-refractivity contribution is -0.124. The number of nitrogens with one attached hydrogen (secondary N) is 4. The Kier molecular flexibility index (Phi) is 11.5. The number of rotatable bonds is 12. The van der Waals surface area contributed by atoms with Crippen LogP contribution in [0.2, 0.25) is 5.02 Å². The molecule has 2 unspecified atom stereocenters. The summed E-state index contributed by atoms with van der Waals surface area (Å²) in [4.78, 5) is 51.9. The number of aromatic nitrogens is 3. The van der Waals surface area contributed by atoms with Gasteiger partial charge in [0.25, 0.3) is 11.5 Å². The third-order valence-corrected chi connectivity index (χ3v) is 9.52. The quantitative estimate of drug-likeness (QED) is 0.167. The van der Waals surface area contributed by atoms with E-state index in [0.717, 1.165) is 56.7 Å². The SMILES string of the molecule is C#CCNC(c1ccc(C(=O)NCc2cccnc2)cc1)c1cc2c(=O)n(CC(=O)C3CCCNC3)c(CN3CCNCC3)nc2cc1Cl. The second-order valence-corrected chi connectivity index (χ2v) is 12.9. The van der Waals surface area contributed by atoms with Gasteiger partial charge in [0, 0.05) is 68.2 Å². The Morgan fingerprint density at radius 1 is 1.10 bits per heavy atom. The van der Waals surface area contributed by atoms with E-state index in [1.54, 1.807) is 41.2 Å². The lowest BCUT2D eigenvalue weighted by Crippen LogP contribution is -2.44. The second-order valence-electron chi connectivity index (χ2n) is 12.5. The summed E-state index contributed by atoms with van der Waals surface area (Å²) in [6.45, 7) is 5.88. The Labute approximate surface area is 290 Å². The maximum absolute atomic E-state index is 14.3. The van der Waals surface area contributed by atoms with E-state index in [4.69, 9.17) is 23.0 Å². The van der Waals surface area contributed by atoms with Gasteiger partial charge >= 0.3 is 0 Å². The summed E-state index contributed by atoms with van der Waals surface area (Å²) < 4.78 is 1.56. The number of pyridine rings is 1. The van der Waals surface area contributed by atoms with Crippen molar-refractivity contribution >= 4 is 34.2 Å². The van der Waals surface area contributed by atoms with Crippen LogP contribution in [0.15, 0.2) is 65.7 Å². The lowest BCUT2D eigenvalue weighted by Gasteiger charge is -2.28. The summed E-state index contributed by atoms with van der Waals surface area (Å²) in [6, 6.07) is 13.9. The number of carbonyl (C=O) groups is 2. The molecule has 4 N–H and O–H groups in total. The molecule has 0 aliphatic carbocycles. The lowest BCUT2D eigenvalue weighted by atomic mass is 9.95. The van der Waals surface area contributed by atoms with Crippen LogP contribution in [0.1, 0.15) is 51.8 Å². The molecule has 12 heteroatoms. The van der Waals surface area contributed by atoms with Crippen molar-refractivity contribution in [2.75, 3.05) is 45.8 Å². The normalized spacial score (nSPS) is 17.3. The fourth-order valence-corrected chi connectivity index (χ4v) is 6.74. The molecule has 49 heavy (non-hydrogen) atoms. The summed E-state index contributed by atoms with van der Waals surface area (Å²) in [5, 5.41) is 13.7. The number of hydrogen-bond acceptors (Lipinski definition) is 9. The van der Waals surface area contributed by atoms with E-state index in [0.29, 0.717) is 52.5 Å². The van der Waals surface area contributed by atoms with E-state index in [1.807, 2.05) is 24.3 Å². The van der Waals surface area contributed by atoms with Gasteiger partial charge in [-0.25, -0.2) is 4.98 Å². The molecule has 2 atom stereocenters. The first-order valence-electron chi connectivity index (χ1n) is 16.7. The van der Waals surface area contributed by atoms with Gasteiger partial charge in [-0.3, -0.25) is 34.2 Å². The first-order chi connectivity index (χ1) is 23.9. The minimum absolute atomic E-state index is 0.0312. The number of fused-ring (bicyclic) bond motifs is 1. The highest BCUT2D eigenvalue weighted by atomic mass is 35.5. The number of terminal acetylenes is 1. The van der Waals surface area contributed by atoms with E-state index in [-0.39, 0.29) is 36.3 Å². The summed E-state index contributed by atoms with van der Waals surface area (Å²) in [5.41, 5.74) is 3.04. The Bertz CT molecular complexity index is 1880. The van der Waals surface area contributed by atoms with E-state index in [1.165, 1.54) is 0 Å². The number of benzene rings is 2. The third kappa shape index (κ3) is 8.41. The van der Waals surface area contributed by atoms with Gasteiger partial charge in [0.1, 0.15) is 5.82 Å². The monoisotopic (exact) mass is 680 g/mol. The van der Waals surface area contributed by atoms with Crippen LogP contribution in [-0.4, -0.2) is 76.9 Å². The minimum Gasteiger partial charge on any atom is -0.348 e. The fourth-order valence-electron chi connectivity index (χ4n) is 6.47. The van der Waals surface area contributed by atoms with Crippen LogP contribution < -0.4 is 26.8 Å². The Morgan fingerprint density at radius 3 is 2.63 bits per heavy atom. The van der Waals surface area contributed by atoms with Gasteiger partial charge < -0.3 is 16.0 Å². The number of carbonyl (C=O) groups excluding carboxylic acids is 2. The molecule has 0 saturated carbocycles. The number of amides is 1. The Balaban J connectivity index is 1.32. The molecule has 2 aliphatic heterocycles. The van der Waals surface area contributed by atoms with Crippen molar-refractivity contribution in [1.82, 2.24) is 40.7 Å². The van der Waals surface area contributed by atoms with Crippen LogP contribution in [0.25, 0.3) is 10.9 Å². The van der Waals surface area contributed by atoms with Crippen LogP contribution in [-0.2, 0) is 24.4 Å². The first-order valence-corrected chi connectivity index (χ1v) is 17.1. The highest BCUT2D eigenvalue weighted by Crippen LogP contribution is 2.31. The maximum atomic E-state index is 14.3. The average molecular weight is 681 g/mol. The molecule has 0 spiro atoms. The van der Waals surface area contributed by atoms with E-state index < -0.39 is 6.04 Å². The number of piperidine rings is 1. The summed E-state index contributed by atoms with van der Waals surface area (Å²) in [6.07, 6.45) is 10.8. The van der Waals surface area contributed by atoms with Gasteiger partial charge in [0.05, 0.1) is 36.6 Å². The predicted molar refractivity (Wildman–Crippen MR) is 190 cm³/mol. The molecular weight excluding hydrogens is 640 g/mol. The molecule has 0 radical (unpaired) electrons. The van der Waals surface area contributed by atoms with Gasteiger partial charge in [-0.15, -0.1) is 6.42 Å². The molecule has 0 bridgehead atoms. The zero-order valence-corrected chi connectivity index (χ0v) is 28.1. The molecule has 6 rings (SSSR count). The topological polar surface area (TPSA) is 133 Å². The molecule has 2 saturated heterocycles. The van der Waals surface area contributed by atoms with Crippen LogP contribution in [0, 0.1) is 18.3 Å². The third-order valence-electron chi connectivity index (χ3n) is 9.19. The number of halogens is 1. The molecule has 2 aromatic heterocycles. The van der Waals surface area contributed by atoms with E-state index in [9.17, 15) is 14.4 Å². The number of piperazine rings is 1. The molecule has 254 valence electrons. The second kappa shape index (κ2) is 16.3. The van der Waals surface area contributed by atoms with Gasteiger partial charge in [-0.2, -0.15) is 0 Å². The fraction of sp³-hybridized carbons (Fsp3) is 0.378. The van der Waals surface area contributed by atoms with Crippen LogP contribution in [0.4, 0.5) is 0 Å². The van der Waals surface area contributed by atoms with Crippen molar-refractivity contribution in [3.05, 3.63) is 104 Å². The summed E-state index contributed by atoms with van der Waals surface area (Å²) >= 11 is 6.94. The standard InChI is InChI=1S/C37H41ClN8O3/c1-2-11-42-35(26-7-9-27(10-8-26)36(48)43-21-25-5-3-12-40-20-25)29-18-30-32(19-31(29)38)44-34(24-45-16-14-39-15-17-45)46(37(30)49)23-33(47)28-6-4-13-41-22-28/h1,3,5,7-10,12,18-20,28,35,39,41-42H,4,6,11,13-17,21-24H2,(H,43,48). The molecule has 4 heterocycles. The van der Waals surface area contributed by atoms with Crippen LogP contribution in [0.5, 0.6) is 0 Å². The first kappa shape index (κ1) is 34.4. The number of nitrogens with zero attached hydrogens (tertiary/aromatic N) is 4. The number of hydrogen-bond donors (Lipinski definition) is 4. The number of Topliss-reactive ketones (excluding diaryl/α,β-unsaturated/α-hetero) is 1. The molecule has 2 aromatic carbocycles. The minimum atomic E-state index is -0.483. The molecule has 2 aliphatic rings. The van der Waals surface area contributed by atoms with Crippen LogP contribution >= 0.6 is 11.6 Å². The van der Waals surface area contributed by atoms with Gasteiger partial charge in [-0.1, -0.05) is 35.7 Å². The van der Waals surface area contributed by atoms with Crippen molar-refractivity contribution in [2.24, 2.45) is 5.92 Å². The van der Waals surface area contributed by atoms with Crippen molar-refractivity contribution in [3.63, 3.8) is 0 Å². The summed E-state index contributed by atoms with van der Waals surface area (Å²) in [5.74, 6) is 2.86. The molecule has 11 nitrogen and oxygen atoms in total. The van der Waals surface area contributed by atoms with Crippen molar-refractivity contribution in [2.45, 2.75) is 38.5 Å². The van der Waals surface area contributed by atoms with E-state index >= 15 is 0 Å². The average Bonchev–Trinajstić information content (AvgIpc) is 3.14. The van der Waals surface area contributed by atoms with Gasteiger partial charge in [0.15, 0.2) is 5.78 Å². The van der Waals surface area contributed by atoms with Crippen molar-refractivity contribution < 1.29 is 9.59 Å². The highest BCUT2D eigenvalue weighted by Gasteiger charge is 2.26. The van der Waals surface area contributed by atoms with Gasteiger partial charge in [0.2, 0.25) is 0 Å². The van der Waals surface area contributed by atoms with Crippen molar-refractivity contribution in [3.8, 4) is 12.3 Å². The zero-order valence-electron chi connectivity index (χ0n) is 27.4. The number of ketones is 1. The van der Waals surface area contributed by atoms with E-state index in [2.05, 4.69) is 37.1 Å². The highest BCUT2D eigenvalue weighted by molar-refractivity contribution is 6.32. The van der Waals surface area contributed by atoms with Crippen molar-refractivity contribution in [1.29, 1.82) is 0 Å². The predicted octanol–water partition coefficient (Wildman–Crippen LogP) is 2.66. The Hall–Kier alpha value is -4.44. The van der Waals surface area contributed by atoms with Gasteiger partial charge in [-0.05, 0) is 66.4 Å². The summed E-state index contributed by atoms with van der Waals surface area (Å²) in [7, 11) is 0. The Morgan fingerprint density at radius 2 is 1.92 bits per heavy atom. The zero-order chi connectivity index (χ0) is 34.2. The molecule has 1 amide bonds. The maximum Gasteiger partial charge on any atom is 0.261 e. The largest absolute Gasteiger partial charge is 0.348 e. The molecular formula is C37H41ClN8O3. The smallest absolute Gasteiger partial charge is 0.261 e. The molecule has 4 aromatic rings. The molecule has 2 fully saturated rings.